The number of amides is 2. The van der Waals surface area contributed by atoms with Crippen molar-refractivity contribution in [2.75, 3.05) is 11.9 Å². The van der Waals surface area contributed by atoms with Crippen molar-refractivity contribution < 1.29 is 19.5 Å². The lowest BCUT2D eigenvalue weighted by atomic mass is 10.2. The molecule has 0 aliphatic heterocycles. The van der Waals surface area contributed by atoms with Gasteiger partial charge in [0.15, 0.2) is 0 Å². The van der Waals surface area contributed by atoms with Crippen LogP contribution in [0, 0.1) is 0 Å². The molecule has 0 unspecified atom stereocenters. The number of nitrogens with zero attached hydrogens (tertiary/aromatic N) is 1. The molecule has 2 amide bonds. The molecule has 0 saturated carbocycles. The summed E-state index contributed by atoms with van der Waals surface area (Å²) < 4.78 is 0. The van der Waals surface area contributed by atoms with Crippen LogP contribution in [-0.4, -0.2) is 34.4 Å². The number of hydrogen-bond acceptors (Lipinski definition) is 5. The first-order chi connectivity index (χ1) is 10.6. The third-order valence-corrected chi connectivity index (χ3v) is 3.60. The van der Waals surface area contributed by atoms with Crippen molar-refractivity contribution in [2.24, 2.45) is 0 Å². The number of aromatic nitrogens is 1. The molecule has 0 atom stereocenters. The zero-order chi connectivity index (χ0) is 15.9. The maximum atomic E-state index is 12.0. The number of hydrogen-bond donors (Lipinski definition) is 3. The highest BCUT2D eigenvalue weighted by Crippen LogP contribution is 2.22. The Morgan fingerprint density at radius 2 is 1.86 bits per heavy atom. The first-order valence-corrected chi connectivity index (χ1v) is 7.24. The Balaban J connectivity index is 2.01. The molecule has 8 heteroatoms. The summed E-state index contributed by atoms with van der Waals surface area (Å²) in [6.07, 6.45) is 2.85. The lowest BCUT2D eigenvalue weighted by molar-refractivity contribution is -0.136. The maximum Gasteiger partial charge on any atom is 0.305 e. The van der Waals surface area contributed by atoms with E-state index in [0.29, 0.717) is 16.1 Å². The van der Waals surface area contributed by atoms with Crippen LogP contribution >= 0.6 is 11.3 Å². The number of carboxylic acids is 1. The molecule has 0 fully saturated rings. The minimum atomic E-state index is -0.988. The number of pyridine rings is 1. The number of nitrogens with one attached hydrogen (secondary N) is 2. The molecule has 3 N–H and O–H groups in total. The van der Waals surface area contributed by atoms with Crippen molar-refractivity contribution in [3.05, 3.63) is 46.4 Å². The topological polar surface area (TPSA) is 108 Å². The van der Waals surface area contributed by atoms with Gasteiger partial charge in [-0.2, -0.15) is 0 Å². The van der Waals surface area contributed by atoms with Gasteiger partial charge in [-0.3, -0.25) is 19.4 Å². The predicted molar refractivity (Wildman–Crippen MR) is 81.1 cm³/mol. The Hall–Kier alpha value is -2.74. The van der Waals surface area contributed by atoms with Gasteiger partial charge in [0.2, 0.25) is 0 Å². The Bertz CT molecular complexity index is 684. The smallest absolute Gasteiger partial charge is 0.305 e. The summed E-state index contributed by atoms with van der Waals surface area (Å²) in [5.74, 6) is -1.75. The van der Waals surface area contributed by atoms with E-state index >= 15 is 0 Å². The zero-order valence-corrected chi connectivity index (χ0v) is 12.2. The van der Waals surface area contributed by atoms with E-state index in [2.05, 4.69) is 15.6 Å². The van der Waals surface area contributed by atoms with Crippen LogP contribution < -0.4 is 10.6 Å². The SMILES string of the molecule is O=C(O)CCNC(=O)c1sccc1NC(=O)c1ccncc1. The Kier molecular flexibility index (Phi) is 5.21. The van der Waals surface area contributed by atoms with Crippen molar-refractivity contribution in [1.29, 1.82) is 0 Å². The Labute approximate surface area is 130 Å². The maximum absolute atomic E-state index is 12.0. The van der Waals surface area contributed by atoms with Crippen molar-refractivity contribution in [3.63, 3.8) is 0 Å². The van der Waals surface area contributed by atoms with Crippen LogP contribution in [-0.2, 0) is 4.79 Å². The molecule has 22 heavy (non-hydrogen) atoms. The van der Waals surface area contributed by atoms with E-state index in [1.165, 1.54) is 23.7 Å². The van der Waals surface area contributed by atoms with Gasteiger partial charge in [-0.25, -0.2) is 0 Å². The number of aliphatic carboxylic acids is 1. The van der Waals surface area contributed by atoms with E-state index in [0.717, 1.165) is 0 Å². The van der Waals surface area contributed by atoms with Gasteiger partial charge >= 0.3 is 5.97 Å². The monoisotopic (exact) mass is 319 g/mol. The number of carbonyl (C=O) groups is 3. The van der Waals surface area contributed by atoms with E-state index < -0.39 is 11.9 Å². The largest absolute Gasteiger partial charge is 0.481 e. The highest BCUT2D eigenvalue weighted by molar-refractivity contribution is 7.12. The predicted octanol–water partition coefficient (Wildman–Crippen LogP) is 1.60. The fourth-order valence-electron chi connectivity index (χ4n) is 1.64. The molecule has 0 saturated heterocycles. The Morgan fingerprint density at radius 3 is 2.55 bits per heavy atom. The van der Waals surface area contributed by atoms with Gasteiger partial charge in [0.25, 0.3) is 11.8 Å². The molecule has 0 aliphatic carbocycles. The van der Waals surface area contributed by atoms with Crippen LogP contribution in [0.5, 0.6) is 0 Å². The van der Waals surface area contributed by atoms with Gasteiger partial charge in [-0.15, -0.1) is 11.3 Å². The summed E-state index contributed by atoms with van der Waals surface area (Å²) in [4.78, 5) is 38.6. The molecular formula is C14H13N3O4S. The van der Waals surface area contributed by atoms with Crippen LogP contribution in [0.15, 0.2) is 36.0 Å². The van der Waals surface area contributed by atoms with Crippen molar-refractivity contribution >= 4 is 34.8 Å². The average Bonchev–Trinajstić information content (AvgIpc) is 2.96. The van der Waals surface area contributed by atoms with Crippen molar-refractivity contribution in [2.45, 2.75) is 6.42 Å². The quantitative estimate of drug-likeness (QED) is 0.749. The number of thiophene rings is 1. The number of carboxylic acid groups (broad SMARTS) is 1. The van der Waals surface area contributed by atoms with E-state index in [-0.39, 0.29) is 18.9 Å². The van der Waals surface area contributed by atoms with E-state index in [9.17, 15) is 14.4 Å². The van der Waals surface area contributed by atoms with Crippen molar-refractivity contribution in [1.82, 2.24) is 10.3 Å². The first-order valence-electron chi connectivity index (χ1n) is 6.37. The van der Waals surface area contributed by atoms with Crippen molar-refractivity contribution in [3.8, 4) is 0 Å². The summed E-state index contributed by atoms with van der Waals surface area (Å²) in [5, 5.41) is 15.4. The van der Waals surface area contributed by atoms with Gasteiger partial charge in [0, 0.05) is 24.5 Å². The van der Waals surface area contributed by atoms with Gasteiger partial charge in [0.05, 0.1) is 12.1 Å². The highest BCUT2D eigenvalue weighted by Gasteiger charge is 2.16. The van der Waals surface area contributed by atoms with Gasteiger partial charge in [-0.05, 0) is 23.6 Å². The van der Waals surface area contributed by atoms with E-state index in [1.54, 1.807) is 23.6 Å². The molecule has 0 bridgehead atoms. The minimum Gasteiger partial charge on any atom is -0.481 e. The third kappa shape index (κ3) is 4.13. The molecule has 0 aliphatic rings. The van der Waals surface area contributed by atoms with Gasteiger partial charge in [0.1, 0.15) is 4.88 Å². The van der Waals surface area contributed by atoms with E-state index in [4.69, 9.17) is 5.11 Å². The lowest BCUT2D eigenvalue weighted by Crippen LogP contribution is -2.26. The summed E-state index contributed by atoms with van der Waals surface area (Å²) in [5.41, 5.74) is 0.818. The molecule has 0 spiro atoms. The molecule has 2 rings (SSSR count). The fraction of sp³-hybridized carbons (Fsp3) is 0.143. The van der Waals surface area contributed by atoms with E-state index in [1.807, 2.05) is 0 Å². The molecule has 2 aromatic heterocycles. The second kappa shape index (κ2) is 7.32. The molecule has 2 heterocycles. The summed E-state index contributed by atoms with van der Waals surface area (Å²) >= 11 is 1.17. The molecule has 0 aromatic carbocycles. The Morgan fingerprint density at radius 1 is 1.14 bits per heavy atom. The summed E-state index contributed by atoms with van der Waals surface area (Å²) in [6.45, 7) is 0.0316. The first kappa shape index (κ1) is 15.6. The lowest BCUT2D eigenvalue weighted by Gasteiger charge is -2.07. The average molecular weight is 319 g/mol. The summed E-state index contributed by atoms with van der Waals surface area (Å²) in [7, 11) is 0. The van der Waals surface area contributed by atoms with Crippen LogP contribution in [0.4, 0.5) is 5.69 Å². The second-order valence-electron chi connectivity index (χ2n) is 4.25. The molecule has 2 aromatic rings. The van der Waals surface area contributed by atoms with Gasteiger partial charge < -0.3 is 15.7 Å². The fourth-order valence-corrected chi connectivity index (χ4v) is 2.41. The number of carbonyl (C=O) groups excluding carboxylic acids is 2. The summed E-state index contributed by atoms with van der Waals surface area (Å²) in [6, 6.07) is 4.75. The highest BCUT2D eigenvalue weighted by atomic mass is 32.1. The molecule has 7 nitrogen and oxygen atoms in total. The number of anilines is 1. The minimum absolute atomic E-state index is 0.0316. The van der Waals surface area contributed by atoms with Crippen LogP contribution in [0.25, 0.3) is 0 Å². The van der Waals surface area contributed by atoms with Crippen LogP contribution in [0.2, 0.25) is 0 Å². The van der Waals surface area contributed by atoms with Crippen LogP contribution in [0.3, 0.4) is 0 Å². The molecule has 0 radical (unpaired) electrons. The molecular weight excluding hydrogens is 306 g/mol. The van der Waals surface area contributed by atoms with Gasteiger partial charge in [-0.1, -0.05) is 0 Å². The normalized spacial score (nSPS) is 10.0. The standard InChI is InChI=1S/C14H13N3O4S/c18-11(19)3-7-16-14(21)12-10(4-8-22-12)17-13(20)9-1-5-15-6-2-9/h1-2,4-6,8H,3,7H2,(H,16,21)(H,17,20)(H,18,19). The number of rotatable bonds is 6. The third-order valence-electron chi connectivity index (χ3n) is 2.69. The molecule has 114 valence electrons. The zero-order valence-electron chi connectivity index (χ0n) is 11.4. The van der Waals surface area contributed by atoms with Crippen LogP contribution in [0.1, 0.15) is 26.5 Å². The second-order valence-corrected chi connectivity index (χ2v) is 5.17.